The maximum absolute atomic E-state index is 12.1. The molecule has 6 nitrogen and oxygen atoms in total. The molecule has 2 N–H and O–H groups in total. The molecule has 24 heavy (non-hydrogen) atoms. The summed E-state index contributed by atoms with van der Waals surface area (Å²) in [6.45, 7) is 1.43. The molecular formula is C17H19N3O3S. The Morgan fingerprint density at radius 3 is 2.88 bits per heavy atom. The SMILES string of the molecule is O=C(CNC(c1ccc2c(c1)OCCO2)C1CC1)Nc1nccs1. The average molecular weight is 345 g/mol. The second-order valence-corrected chi connectivity index (χ2v) is 6.88. The molecule has 1 amide bonds. The lowest BCUT2D eigenvalue weighted by atomic mass is 10.0. The van der Waals surface area contributed by atoms with Crippen LogP contribution in [0.4, 0.5) is 5.13 Å². The van der Waals surface area contributed by atoms with Gasteiger partial charge in [-0.2, -0.15) is 0 Å². The van der Waals surface area contributed by atoms with Crippen LogP contribution < -0.4 is 20.1 Å². The molecule has 7 heteroatoms. The zero-order chi connectivity index (χ0) is 16.4. The molecule has 1 aromatic heterocycles. The molecule has 4 rings (SSSR count). The number of benzene rings is 1. The lowest BCUT2D eigenvalue weighted by molar-refractivity contribution is -0.115. The summed E-state index contributed by atoms with van der Waals surface area (Å²) in [6, 6.07) is 6.20. The molecule has 0 spiro atoms. The third-order valence-corrected chi connectivity index (χ3v) is 4.87. The highest BCUT2D eigenvalue weighted by atomic mass is 32.1. The second-order valence-electron chi connectivity index (χ2n) is 5.98. The highest BCUT2D eigenvalue weighted by molar-refractivity contribution is 7.13. The predicted molar refractivity (Wildman–Crippen MR) is 91.6 cm³/mol. The summed E-state index contributed by atoms with van der Waals surface area (Å²) in [5.74, 6) is 2.08. The Kier molecular flexibility index (Phi) is 4.36. The van der Waals surface area contributed by atoms with Gasteiger partial charge in [0.2, 0.25) is 5.91 Å². The summed E-state index contributed by atoms with van der Waals surface area (Å²) in [6.07, 6.45) is 4.04. The summed E-state index contributed by atoms with van der Waals surface area (Å²) >= 11 is 1.41. The van der Waals surface area contributed by atoms with Crippen molar-refractivity contribution in [1.82, 2.24) is 10.3 Å². The van der Waals surface area contributed by atoms with E-state index in [-0.39, 0.29) is 18.5 Å². The van der Waals surface area contributed by atoms with Crippen molar-refractivity contribution < 1.29 is 14.3 Å². The quantitative estimate of drug-likeness (QED) is 0.842. The molecule has 1 fully saturated rings. The van der Waals surface area contributed by atoms with Crippen molar-refractivity contribution in [2.45, 2.75) is 18.9 Å². The smallest absolute Gasteiger partial charge is 0.240 e. The number of nitrogens with zero attached hydrogens (tertiary/aromatic N) is 1. The van der Waals surface area contributed by atoms with Crippen molar-refractivity contribution in [3.63, 3.8) is 0 Å². The van der Waals surface area contributed by atoms with Gasteiger partial charge in [0.25, 0.3) is 0 Å². The molecule has 126 valence electrons. The van der Waals surface area contributed by atoms with Gasteiger partial charge in [-0.15, -0.1) is 11.3 Å². The fraction of sp³-hybridized carbons (Fsp3) is 0.412. The number of ether oxygens (including phenoxy) is 2. The summed E-state index contributed by atoms with van der Waals surface area (Å²) < 4.78 is 11.2. The van der Waals surface area contributed by atoms with E-state index >= 15 is 0 Å². The first-order chi connectivity index (χ1) is 11.8. The number of aromatic nitrogens is 1. The molecule has 1 aliphatic carbocycles. The Hall–Kier alpha value is -2.12. The van der Waals surface area contributed by atoms with Gasteiger partial charge in [0.05, 0.1) is 6.54 Å². The summed E-state index contributed by atoms with van der Waals surface area (Å²) in [4.78, 5) is 16.1. The molecule has 2 aliphatic rings. The summed E-state index contributed by atoms with van der Waals surface area (Å²) in [5, 5.41) is 8.65. The standard InChI is InChI=1S/C17H19N3O3S/c21-15(20-17-18-5-8-24-17)10-19-16(11-1-2-11)12-3-4-13-14(9-12)23-7-6-22-13/h3-5,8-9,11,16,19H,1-2,6-7,10H2,(H,18,20,21). The van der Waals surface area contributed by atoms with Crippen molar-refractivity contribution in [3.8, 4) is 11.5 Å². The molecule has 2 aromatic rings. The number of carbonyl (C=O) groups excluding carboxylic acids is 1. The van der Waals surface area contributed by atoms with Crippen LogP contribution in [0.15, 0.2) is 29.8 Å². The summed E-state index contributed by atoms with van der Waals surface area (Å²) in [5.41, 5.74) is 1.14. The van der Waals surface area contributed by atoms with E-state index in [0.717, 1.165) is 17.1 Å². The first kappa shape index (κ1) is 15.4. The zero-order valence-electron chi connectivity index (χ0n) is 13.2. The third-order valence-electron chi connectivity index (χ3n) is 4.18. The number of anilines is 1. The number of fused-ring (bicyclic) bond motifs is 1. The van der Waals surface area contributed by atoms with Crippen LogP contribution in [0.3, 0.4) is 0 Å². The minimum atomic E-state index is -0.0758. The Morgan fingerprint density at radius 2 is 2.12 bits per heavy atom. The van der Waals surface area contributed by atoms with E-state index in [1.54, 1.807) is 6.20 Å². The molecule has 0 saturated heterocycles. The van der Waals surface area contributed by atoms with Crippen LogP contribution in [0, 0.1) is 5.92 Å². The fourth-order valence-corrected chi connectivity index (χ4v) is 3.44. The van der Waals surface area contributed by atoms with Crippen LogP contribution in [0.5, 0.6) is 11.5 Å². The van der Waals surface area contributed by atoms with Crippen LogP contribution in [0.25, 0.3) is 0 Å². The normalized spacial score (nSPS) is 17.3. The molecule has 1 saturated carbocycles. The first-order valence-corrected chi connectivity index (χ1v) is 9.00. The van der Waals surface area contributed by atoms with Crippen molar-refractivity contribution >= 4 is 22.4 Å². The Morgan fingerprint density at radius 1 is 1.29 bits per heavy atom. The molecule has 1 aromatic carbocycles. The lowest BCUT2D eigenvalue weighted by Gasteiger charge is -2.23. The highest BCUT2D eigenvalue weighted by Gasteiger charge is 2.33. The number of hydrogen-bond donors (Lipinski definition) is 2. The van der Waals surface area contributed by atoms with Gasteiger partial charge in [0.15, 0.2) is 16.6 Å². The maximum Gasteiger partial charge on any atom is 0.240 e. The lowest BCUT2D eigenvalue weighted by Crippen LogP contribution is -2.32. The van der Waals surface area contributed by atoms with Gasteiger partial charge < -0.3 is 20.1 Å². The summed E-state index contributed by atoms with van der Waals surface area (Å²) in [7, 11) is 0. The van der Waals surface area contributed by atoms with Gasteiger partial charge in [0, 0.05) is 17.6 Å². The number of rotatable bonds is 6. The van der Waals surface area contributed by atoms with Crippen molar-refractivity contribution in [1.29, 1.82) is 0 Å². The van der Waals surface area contributed by atoms with Gasteiger partial charge in [-0.1, -0.05) is 6.07 Å². The van der Waals surface area contributed by atoms with Crippen LogP contribution in [0.1, 0.15) is 24.4 Å². The molecule has 1 unspecified atom stereocenters. The third kappa shape index (κ3) is 3.52. The molecule has 0 bridgehead atoms. The van der Waals surface area contributed by atoms with E-state index in [9.17, 15) is 4.79 Å². The Bertz CT molecular complexity index is 716. The molecule has 1 atom stereocenters. The topological polar surface area (TPSA) is 72.5 Å². The van der Waals surface area contributed by atoms with Gasteiger partial charge in [-0.25, -0.2) is 4.98 Å². The number of carbonyl (C=O) groups is 1. The van der Waals surface area contributed by atoms with Gasteiger partial charge in [-0.05, 0) is 36.5 Å². The minimum absolute atomic E-state index is 0.0758. The largest absolute Gasteiger partial charge is 0.486 e. The zero-order valence-corrected chi connectivity index (χ0v) is 14.0. The van der Waals surface area contributed by atoms with E-state index in [1.807, 2.05) is 17.5 Å². The van der Waals surface area contributed by atoms with Crippen LogP contribution in [-0.2, 0) is 4.79 Å². The van der Waals surface area contributed by atoms with Gasteiger partial charge >= 0.3 is 0 Å². The predicted octanol–water partition coefficient (Wildman–Crippen LogP) is 2.59. The monoisotopic (exact) mass is 345 g/mol. The van der Waals surface area contributed by atoms with Crippen LogP contribution >= 0.6 is 11.3 Å². The van der Waals surface area contributed by atoms with E-state index in [1.165, 1.54) is 24.2 Å². The number of nitrogens with one attached hydrogen (secondary N) is 2. The highest BCUT2D eigenvalue weighted by Crippen LogP contribution is 2.43. The van der Waals surface area contributed by atoms with Crippen molar-refractivity contribution in [3.05, 3.63) is 35.3 Å². The number of thiazole rings is 1. The van der Waals surface area contributed by atoms with E-state index in [2.05, 4.69) is 21.7 Å². The van der Waals surface area contributed by atoms with Crippen molar-refractivity contribution in [2.24, 2.45) is 5.92 Å². The van der Waals surface area contributed by atoms with E-state index < -0.39 is 0 Å². The Balaban J connectivity index is 1.42. The molecule has 0 radical (unpaired) electrons. The number of amides is 1. The van der Waals surface area contributed by atoms with Gasteiger partial charge in [-0.3, -0.25) is 4.79 Å². The van der Waals surface area contributed by atoms with Crippen molar-refractivity contribution in [2.75, 3.05) is 25.1 Å². The number of hydrogen-bond acceptors (Lipinski definition) is 6. The van der Waals surface area contributed by atoms with Gasteiger partial charge in [0.1, 0.15) is 13.2 Å². The molecule has 1 aliphatic heterocycles. The minimum Gasteiger partial charge on any atom is -0.486 e. The van der Waals surface area contributed by atoms with E-state index in [4.69, 9.17) is 9.47 Å². The van der Waals surface area contributed by atoms with Crippen LogP contribution in [0.2, 0.25) is 0 Å². The Labute approximate surface area is 144 Å². The van der Waals surface area contributed by atoms with Crippen LogP contribution in [-0.4, -0.2) is 30.6 Å². The second kappa shape index (κ2) is 6.78. The first-order valence-electron chi connectivity index (χ1n) is 8.12. The van der Waals surface area contributed by atoms with E-state index in [0.29, 0.717) is 24.3 Å². The maximum atomic E-state index is 12.1. The molecule has 2 heterocycles. The average Bonchev–Trinajstić information content (AvgIpc) is 3.31. The molecular weight excluding hydrogens is 326 g/mol. The fourth-order valence-electron chi connectivity index (χ4n) is 2.89.